The van der Waals surface area contributed by atoms with Crippen molar-refractivity contribution < 1.29 is 18.9 Å². The molecule has 0 atom stereocenters. The Morgan fingerprint density at radius 1 is 1.22 bits per heavy atom. The molecule has 0 aromatic heterocycles. The molecule has 1 radical (unpaired) electrons. The SMILES string of the molecule is O=[N+]([O-])c1ccc(C[P]2(O)OCCCCO2)cc1. The van der Waals surface area contributed by atoms with Crippen LogP contribution in [0.15, 0.2) is 24.3 Å². The number of hydrogen-bond donors (Lipinski definition) is 1. The Balaban J connectivity index is 2.05. The van der Waals surface area contributed by atoms with E-state index in [1.165, 1.54) is 12.1 Å². The van der Waals surface area contributed by atoms with Crippen molar-refractivity contribution in [2.75, 3.05) is 13.2 Å². The molecule has 2 rings (SSSR count). The van der Waals surface area contributed by atoms with Crippen molar-refractivity contribution >= 4 is 13.6 Å². The highest BCUT2D eigenvalue weighted by atomic mass is 31.2. The molecule has 7 heteroatoms. The maximum Gasteiger partial charge on any atom is 0.269 e. The van der Waals surface area contributed by atoms with Crippen LogP contribution in [0.5, 0.6) is 0 Å². The zero-order valence-corrected chi connectivity index (χ0v) is 10.7. The number of non-ortho nitro benzene ring substituents is 1. The Kier molecular flexibility index (Phi) is 4.24. The van der Waals surface area contributed by atoms with Gasteiger partial charge in [-0.2, -0.15) is 0 Å². The van der Waals surface area contributed by atoms with Gasteiger partial charge >= 0.3 is 0 Å². The summed E-state index contributed by atoms with van der Waals surface area (Å²) in [5.74, 6) is 0. The topological polar surface area (TPSA) is 81.8 Å². The fraction of sp³-hybridized carbons (Fsp3) is 0.455. The Hall–Kier alpha value is -1.07. The number of rotatable bonds is 3. The van der Waals surface area contributed by atoms with Crippen LogP contribution in [0.1, 0.15) is 18.4 Å². The maximum atomic E-state index is 10.5. The Morgan fingerprint density at radius 3 is 2.28 bits per heavy atom. The Morgan fingerprint density at radius 2 is 1.78 bits per heavy atom. The molecule has 0 amide bonds. The Labute approximate surface area is 105 Å². The minimum absolute atomic E-state index is 0.0341. The summed E-state index contributed by atoms with van der Waals surface area (Å²) in [7, 11) is -2.84. The van der Waals surface area contributed by atoms with Crippen molar-refractivity contribution in [1.82, 2.24) is 0 Å². The number of nitrogens with zero attached hydrogens (tertiary/aromatic N) is 1. The van der Waals surface area contributed by atoms with E-state index in [4.69, 9.17) is 9.05 Å². The highest BCUT2D eigenvalue weighted by molar-refractivity contribution is 7.59. The molecule has 0 aliphatic carbocycles. The van der Waals surface area contributed by atoms with Crippen LogP contribution < -0.4 is 0 Å². The van der Waals surface area contributed by atoms with Gasteiger partial charge < -0.3 is 13.9 Å². The number of benzene rings is 1. The molecule has 18 heavy (non-hydrogen) atoms. The molecule has 0 saturated carbocycles. The summed E-state index contributed by atoms with van der Waals surface area (Å²) in [4.78, 5) is 20.3. The van der Waals surface area contributed by atoms with E-state index in [0.29, 0.717) is 13.2 Å². The second-order valence-corrected chi connectivity index (χ2v) is 6.20. The lowest BCUT2D eigenvalue weighted by molar-refractivity contribution is -0.384. The lowest BCUT2D eigenvalue weighted by Crippen LogP contribution is -2.03. The van der Waals surface area contributed by atoms with Crippen LogP contribution >= 0.6 is 7.94 Å². The lowest BCUT2D eigenvalue weighted by Gasteiger charge is -2.27. The van der Waals surface area contributed by atoms with Crippen molar-refractivity contribution in [2.24, 2.45) is 0 Å². The van der Waals surface area contributed by atoms with E-state index in [1.807, 2.05) is 0 Å². The fourth-order valence-electron chi connectivity index (χ4n) is 1.70. The van der Waals surface area contributed by atoms with Crippen LogP contribution in [0.3, 0.4) is 0 Å². The van der Waals surface area contributed by atoms with E-state index in [0.717, 1.165) is 18.4 Å². The fourth-order valence-corrected chi connectivity index (χ4v) is 3.46. The van der Waals surface area contributed by atoms with Crippen molar-refractivity contribution in [3.05, 3.63) is 39.9 Å². The van der Waals surface area contributed by atoms with Gasteiger partial charge in [0.05, 0.1) is 24.3 Å². The predicted molar refractivity (Wildman–Crippen MR) is 67.1 cm³/mol. The molecule has 1 saturated heterocycles. The molecule has 0 unspecified atom stereocenters. The van der Waals surface area contributed by atoms with Gasteiger partial charge in [0, 0.05) is 12.1 Å². The summed E-state index contributed by atoms with van der Waals surface area (Å²) >= 11 is 0. The molecular formula is C11H15NO5P. The third-order valence-corrected chi connectivity index (χ3v) is 4.59. The van der Waals surface area contributed by atoms with Crippen LogP contribution in [-0.2, 0) is 15.2 Å². The first-order valence-corrected chi connectivity index (χ1v) is 7.49. The van der Waals surface area contributed by atoms with E-state index in [9.17, 15) is 15.0 Å². The number of hydrogen-bond acceptors (Lipinski definition) is 5. The smallest absolute Gasteiger partial charge is 0.269 e. The predicted octanol–water partition coefficient (Wildman–Crippen LogP) is 2.68. The van der Waals surface area contributed by atoms with Gasteiger partial charge in [0.25, 0.3) is 5.69 Å². The summed E-state index contributed by atoms with van der Waals surface area (Å²) in [5.41, 5.74) is 0.810. The van der Waals surface area contributed by atoms with Gasteiger partial charge in [0.1, 0.15) is 0 Å². The number of nitro groups is 1. The van der Waals surface area contributed by atoms with E-state index in [1.54, 1.807) is 12.1 Å². The minimum Gasteiger partial charge on any atom is -0.335 e. The van der Waals surface area contributed by atoms with E-state index in [2.05, 4.69) is 0 Å². The monoisotopic (exact) mass is 272 g/mol. The third-order valence-electron chi connectivity index (χ3n) is 2.65. The average Bonchev–Trinajstić information content (AvgIpc) is 2.55. The van der Waals surface area contributed by atoms with Crippen LogP contribution in [-0.4, -0.2) is 23.0 Å². The molecule has 1 aromatic rings. The van der Waals surface area contributed by atoms with Gasteiger partial charge in [-0.05, 0) is 18.4 Å². The van der Waals surface area contributed by atoms with Crippen molar-refractivity contribution in [3.63, 3.8) is 0 Å². The van der Waals surface area contributed by atoms with Gasteiger partial charge in [-0.1, -0.05) is 12.1 Å². The highest BCUT2D eigenvalue weighted by Gasteiger charge is 2.29. The molecule has 1 aromatic carbocycles. The molecular weight excluding hydrogens is 257 g/mol. The molecule has 1 fully saturated rings. The summed E-state index contributed by atoms with van der Waals surface area (Å²) < 4.78 is 10.8. The molecule has 1 aliphatic rings. The third kappa shape index (κ3) is 3.46. The standard InChI is InChI=1S/C11H15NO5P/c13-12(14)11-5-3-10(4-6-11)9-18(15)16-7-1-2-8-17-18/h3-6,15H,1-2,7-9H2. The molecule has 99 valence electrons. The van der Waals surface area contributed by atoms with Crippen molar-refractivity contribution in [2.45, 2.75) is 19.0 Å². The van der Waals surface area contributed by atoms with Crippen LogP contribution in [0.2, 0.25) is 0 Å². The van der Waals surface area contributed by atoms with Gasteiger partial charge in [-0.15, -0.1) is 0 Å². The van der Waals surface area contributed by atoms with E-state index >= 15 is 0 Å². The van der Waals surface area contributed by atoms with Gasteiger partial charge in [-0.3, -0.25) is 10.1 Å². The lowest BCUT2D eigenvalue weighted by atomic mass is 10.2. The normalized spacial score (nSPS) is 19.2. The number of nitro benzene ring substituents is 1. The zero-order chi connectivity index (χ0) is 13.0. The summed E-state index contributed by atoms with van der Waals surface area (Å²) in [5, 5.41) is 10.5. The molecule has 0 bridgehead atoms. The average molecular weight is 272 g/mol. The zero-order valence-electron chi connectivity index (χ0n) is 9.82. The van der Waals surface area contributed by atoms with E-state index < -0.39 is 12.9 Å². The molecule has 1 N–H and O–H groups in total. The quantitative estimate of drug-likeness (QED) is 0.519. The Bertz CT molecular complexity index is 414. The first kappa shape index (κ1) is 13.4. The molecule has 6 nitrogen and oxygen atoms in total. The van der Waals surface area contributed by atoms with Crippen molar-refractivity contribution in [1.29, 1.82) is 0 Å². The summed E-state index contributed by atoms with van der Waals surface area (Å²) in [6.45, 7) is 0.995. The largest absolute Gasteiger partial charge is 0.335 e. The summed E-state index contributed by atoms with van der Waals surface area (Å²) in [6.07, 6.45) is 2.02. The first-order chi connectivity index (χ1) is 8.59. The van der Waals surface area contributed by atoms with Gasteiger partial charge in [0.15, 0.2) is 0 Å². The second-order valence-electron chi connectivity index (χ2n) is 4.09. The van der Waals surface area contributed by atoms with Crippen molar-refractivity contribution in [3.8, 4) is 0 Å². The van der Waals surface area contributed by atoms with Gasteiger partial charge in [0.2, 0.25) is 7.94 Å². The molecule has 0 spiro atoms. The van der Waals surface area contributed by atoms with Gasteiger partial charge in [-0.25, -0.2) is 0 Å². The second kappa shape index (κ2) is 5.71. The van der Waals surface area contributed by atoms with Crippen LogP contribution in [0.4, 0.5) is 5.69 Å². The highest BCUT2D eigenvalue weighted by Crippen LogP contribution is 2.60. The van der Waals surface area contributed by atoms with E-state index in [-0.39, 0.29) is 11.8 Å². The maximum absolute atomic E-state index is 10.5. The minimum atomic E-state index is -2.84. The van der Waals surface area contributed by atoms with Crippen LogP contribution in [0.25, 0.3) is 0 Å². The molecule has 1 aliphatic heterocycles. The first-order valence-electron chi connectivity index (χ1n) is 5.72. The molecule has 1 heterocycles. The van der Waals surface area contributed by atoms with Crippen LogP contribution in [0, 0.1) is 10.1 Å². The summed E-state index contributed by atoms with van der Waals surface area (Å²) in [6, 6.07) is 6.07.